The molecular weight excluding hydrogens is 245 g/mol. The van der Waals surface area contributed by atoms with E-state index in [4.69, 9.17) is 5.73 Å². The van der Waals surface area contributed by atoms with E-state index < -0.39 is 5.54 Å². The zero-order valence-electron chi connectivity index (χ0n) is 8.06. The molecule has 0 aliphatic heterocycles. The molecule has 0 saturated carbocycles. The van der Waals surface area contributed by atoms with Gasteiger partial charge in [-0.05, 0) is 31.0 Å². The maximum atomic E-state index is 12.8. The van der Waals surface area contributed by atoms with Crippen LogP contribution >= 0.6 is 15.9 Å². The van der Waals surface area contributed by atoms with E-state index >= 15 is 0 Å². The van der Waals surface area contributed by atoms with Gasteiger partial charge in [0.25, 0.3) is 0 Å². The van der Waals surface area contributed by atoms with Crippen LogP contribution in [0, 0.1) is 5.82 Å². The Bertz CT molecular complexity index is 347. The van der Waals surface area contributed by atoms with Crippen molar-refractivity contribution < 1.29 is 4.39 Å². The molecule has 1 aromatic rings. The van der Waals surface area contributed by atoms with Crippen molar-refractivity contribution >= 4 is 15.9 Å². The van der Waals surface area contributed by atoms with Crippen molar-refractivity contribution in [1.29, 1.82) is 0 Å². The quantitative estimate of drug-likeness (QED) is 0.827. The highest BCUT2D eigenvalue weighted by molar-refractivity contribution is 9.10. The maximum absolute atomic E-state index is 12.8. The van der Waals surface area contributed by atoms with Crippen LogP contribution < -0.4 is 5.73 Å². The second-order valence-corrected chi connectivity index (χ2v) is 4.39. The molecule has 0 saturated heterocycles. The van der Waals surface area contributed by atoms with E-state index in [0.717, 1.165) is 5.56 Å². The summed E-state index contributed by atoms with van der Waals surface area (Å²) in [6.45, 7) is 5.54. The Morgan fingerprint density at radius 1 is 1.64 bits per heavy atom. The third-order valence-electron chi connectivity index (χ3n) is 2.11. The van der Waals surface area contributed by atoms with E-state index in [-0.39, 0.29) is 5.82 Å². The van der Waals surface area contributed by atoms with Crippen LogP contribution in [0.2, 0.25) is 0 Å². The van der Waals surface area contributed by atoms with E-state index in [0.29, 0.717) is 10.9 Å². The van der Waals surface area contributed by atoms with Crippen molar-refractivity contribution in [3.8, 4) is 0 Å². The average molecular weight is 258 g/mol. The summed E-state index contributed by atoms with van der Waals surface area (Å²) in [5.74, 6) is -0.268. The predicted octanol–water partition coefficient (Wildman–Crippen LogP) is 3.34. The Balaban J connectivity index is 3.12. The van der Waals surface area contributed by atoms with Crippen molar-refractivity contribution in [3.63, 3.8) is 0 Å². The minimum atomic E-state index is -0.506. The lowest BCUT2D eigenvalue weighted by Crippen LogP contribution is -2.32. The highest BCUT2D eigenvalue weighted by atomic mass is 79.9. The van der Waals surface area contributed by atoms with Gasteiger partial charge in [-0.3, -0.25) is 0 Å². The molecule has 2 N–H and O–H groups in total. The molecule has 0 spiro atoms. The fourth-order valence-electron chi connectivity index (χ4n) is 1.36. The number of hydrogen-bond donors (Lipinski definition) is 1. The number of nitrogens with two attached hydrogens (primary N) is 1. The zero-order chi connectivity index (χ0) is 10.8. The Labute approximate surface area is 91.9 Å². The molecule has 3 heteroatoms. The van der Waals surface area contributed by atoms with Crippen LogP contribution in [0.3, 0.4) is 0 Å². The summed E-state index contributed by atoms with van der Waals surface area (Å²) >= 11 is 3.30. The van der Waals surface area contributed by atoms with E-state index in [9.17, 15) is 4.39 Å². The summed E-state index contributed by atoms with van der Waals surface area (Å²) in [6.07, 6.45) is 2.41. The average Bonchev–Trinajstić information content (AvgIpc) is 2.02. The molecule has 0 heterocycles. The molecule has 0 radical (unpaired) electrons. The van der Waals surface area contributed by atoms with Crippen LogP contribution in [0.1, 0.15) is 18.9 Å². The number of hydrogen-bond acceptors (Lipinski definition) is 1. The number of halogens is 2. The molecule has 0 aliphatic rings. The first-order chi connectivity index (χ1) is 6.47. The largest absolute Gasteiger partial charge is 0.321 e. The van der Waals surface area contributed by atoms with Gasteiger partial charge >= 0.3 is 0 Å². The van der Waals surface area contributed by atoms with Gasteiger partial charge in [0, 0.05) is 10.0 Å². The number of benzene rings is 1. The minimum Gasteiger partial charge on any atom is -0.321 e. The number of rotatable bonds is 3. The Hall–Kier alpha value is -0.670. The smallest absolute Gasteiger partial charge is 0.124 e. The molecule has 0 aromatic heterocycles. The predicted molar refractivity (Wildman–Crippen MR) is 60.5 cm³/mol. The Morgan fingerprint density at radius 3 is 2.79 bits per heavy atom. The lowest BCUT2D eigenvalue weighted by atomic mass is 9.90. The van der Waals surface area contributed by atoms with Crippen molar-refractivity contribution in [2.45, 2.75) is 18.9 Å². The normalized spacial score (nSPS) is 14.9. The van der Waals surface area contributed by atoms with Gasteiger partial charge in [0.15, 0.2) is 0 Å². The molecule has 14 heavy (non-hydrogen) atoms. The summed E-state index contributed by atoms with van der Waals surface area (Å²) < 4.78 is 13.5. The zero-order valence-corrected chi connectivity index (χ0v) is 9.64. The second-order valence-electron chi connectivity index (χ2n) is 3.53. The fourth-order valence-corrected chi connectivity index (χ4v) is 2.17. The van der Waals surface area contributed by atoms with E-state index in [1.807, 2.05) is 6.92 Å². The van der Waals surface area contributed by atoms with Gasteiger partial charge in [0.1, 0.15) is 5.82 Å². The summed E-state index contributed by atoms with van der Waals surface area (Å²) in [5.41, 5.74) is 6.46. The van der Waals surface area contributed by atoms with E-state index in [2.05, 4.69) is 22.5 Å². The third kappa shape index (κ3) is 2.42. The molecule has 0 amide bonds. The van der Waals surface area contributed by atoms with Gasteiger partial charge in [-0.2, -0.15) is 0 Å². The van der Waals surface area contributed by atoms with Crippen molar-refractivity contribution in [1.82, 2.24) is 0 Å². The topological polar surface area (TPSA) is 26.0 Å². The van der Waals surface area contributed by atoms with E-state index in [1.54, 1.807) is 12.1 Å². The molecule has 0 fully saturated rings. The third-order valence-corrected chi connectivity index (χ3v) is 2.77. The molecule has 1 atom stereocenters. The lowest BCUT2D eigenvalue weighted by molar-refractivity contribution is 0.498. The standard InChI is InChI=1S/C11H13BrFN/c1-3-6-11(2,14)9-5-4-8(13)7-10(9)12/h3-5,7H,1,6,14H2,2H3/t11-/m1/s1. The molecule has 1 nitrogen and oxygen atoms in total. The van der Waals surface area contributed by atoms with Gasteiger partial charge in [0.2, 0.25) is 0 Å². The van der Waals surface area contributed by atoms with Crippen LogP contribution in [-0.4, -0.2) is 0 Å². The monoisotopic (exact) mass is 257 g/mol. The molecule has 76 valence electrons. The minimum absolute atomic E-state index is 0.268. The molecule has 0 unspecified atom stereocenters. The van der Waals surface area contributed by atoms with Crippen LogP contribution in [0.25, 0.3) is 0 Å². The lowest BCUT2D eigenvalue weighted by Gasteiger charge is -2.24. The van der Waals surface area contributed by atoms with Crippen LogP contribution in [-0.2, 0) is 5.54 Å². The van der Waals surface area contributed by atoms with Gasteiger partial charge < -0.3 is 5.73 Å². The van der Waals surface area contributed by atoms with Crippen molar-refractivity contribution in [3.05, 3.63) is 46.7 Å². The summed E-state index contributed by atoms with van der Waals surface area (Å²) in [6, 6.07) is 4.53. The first-order valence-corrected chi connectivity index (χ1v) is 5.12. The second kappa shape index (κ2) is 4.24. The highest BCUT2D eigenvalue weighted by Gasteiger charge is 2.22. The Morgan fingerprint density at radius 2 is 2.29 bits per heavy atom. The molecule has 1 aromatic carbocycles. The SMILES string of the molecule is C=CC[C@@](C)(N)c1ccc(F)cc1Br. The molecule has 1 rings (SSSR count). The summed E-state index contributed by atoms with van der Waals surface area (Å²) in [4.78, 5) is 0. The van der Waals surface area contributed by atoms with Gasteiger partial charge in [-0.15, -0.1) is 6.58 Å². The van der Waals surface area contributed by atoms with Crippen molar-refractivity contribution in [2.75, 3.05) is 0 Å². The van der Waals surface area contributed by atoms with Crippen LogP contribution in [0.5, 0.6) is 0 Å². The first kappa shape index (κ1) is 11.4. The molecule has 0 aliphatic carbocycles. The summed E-state index contributed by atoms with van der Waals surface area (Å²) in [5, 5.41) is 0. The van der Waals surface area contributed by atoms with E-state index in [1.165, 1.54) is 12.1 Å². The first-order valence-electron chi connectivity index (χ1n) is 4.32. The van der Waals surface area contributed by atoms with Crippen LogP contribution in [0.15, 0.2) is 35.3 Å². The van der Waals surface area contributed by atoms with Gasteiger partial charge in [-0.1, -0.05) is 28.1 Å². The van der Waals surface area contributed by atoms with Crippen molar-refractivity contribution in [2.24, 2.45) is 5.73 Å². The summed E-state index contributed by atoms with van der Waals surface area (Å²) in [7, 11) is 0. The van der Waals surface area contributed by atoms with Gasteiger partial charge in [-0.25, -0.2) is 4.39 Å². The Kier molecular flexibility index (Phi) is 3.45. The highest BCUT2D eigenvalue weighted by Crippen LogP contribution is 2.29. The molecular formula is C11H13BrFN. The fraction of sp³-hybridized carbons (Fsp3) is 0.273. The van der Waals surface area contributed by atoms with Gasteiger partial charge in [0.05, 0.1) is 0 Å². The molecule has 0 bridgehead atoms. The van der Waals surface area contributed by atoms with Crippen LogP contribution in [0.4, 0.5) is 4.39 Å². The maximum Gasteiger partial charge on any atom is 0.124 e.